The maximum atomic E-state index is 14.9. The van der Waals surface area contributed by atoms with Crippen LogP contribution in [0.4, 0.5) is 0 Å². The molecular formula is C54H76N8O14. The van der Waals surface area contributed by atoms with Crippen LogP contribution < -0.4 is 32.3 Å². The van der Waals surface area contributed by atoms with E-state index >= 15 is 0 Å². The van der Waals surface area contributed by atoms with E-state index in [-0.39, 0.29) is 50.2 Å². The molecule has 2 heterocycles. The number of phenols is 1. The molecule has 3 aliphatic rings. The number of rotatable bonds is 17. The first-order valence-electron chi connectivity index (χ1n) is 26.1. The summed E-state index contributed by atoms with van der Waals surface area (Å²) in [7, 11) is 1.40. The quantitative estimate of drug-likeness (QED) is 0.0744. The van der Waals surface area contributed by atoms with Gasteiger partial charge in [-0.3, -0.25) is 38.4 Å². The molecule has 2 fully saturated rings. The number of hydrogen-bond donors (Lipinski definition) is 10. The van der Waals surface area contributed by atoms with Gasteiger partial charge in [0.2, 0.25) is 47.3 Å². The highest BCUT2D eigenvalue weighted by molar-refractivity contribution is 5.98. The van der Waals surface area contributed by atoms with E-state index in [2.05, 4.69) is 26.6 Å². The van der Waals surface area contributed by atoms with Crippen LogP contribution in [0.5, 0.6) is 5.75 Å². The number of benzene rings is 2. The van der Waals surface area contributed by atoms with Crippen LogP contribution in [0.2, 0.25) is 0 Å². The Kier molecular flexibility index (Phi) is 21.9. The number of fused-ring (bicyclic) bond motifs is 2. The van der Waals surface area contributed by atoms with Crippen molar-refractivity contribution in [3.8, 4) is 5.75 Å². The van der Waals surface area contributed by atoms with Crippen LogP contribution in [0.25, 0.3) is 0 Å². The van der Waals surface area contributed by atoms with E-state index in [4.69, 9.17) is 10.5 Å². The Morgan fingerprint density at radius 2 is 1.50 bits per heavy atom. The zero-order chi connectivity index (χ0) is 56.0. The smallest absolute Gasteiger partial charge is 0.329 e. The van der Waals surface area contributed by atoms with Crippen LogP contribution in [0.3, 0.4) is 0 Å². The number of esters is 1. The third kappa shape index (κ3) is 16.5. The molecule has 8 amide bonds. The zero-order valence-corrected chi connectivity index (χ0v) is 44.1. The van der Waals surface area contributed by atoms with Crippen LogP contribution >= 0.6 is 0 Å². The Labute approximate surface area is 442 Å². The van der Waals surface area contributed by atoms with Crippen molar-refractivity contribution in [1.82, 2.24) is 36.4 Å². The average molecular weight is 1060 g/mol. The molecule has 1 aliphatic carbocycles. The number of amides is 8. The number of allylic oxidation sites excluding steroid dienone is 1. The van der Waals surface area contributed by atoms with Gasteiger partial charge in [0.1, 0.15) is 66.5 Å². The Morgan fingerprint density at radius 3 is 2.12 bits per heavy atom. The van der Waals surface area contributed by atoms with E-state index in [9.17, 15) is 63.6 Å². The maximum Gasteiger partial charge on any atom is 0.329 e. The summed E-state index contributed by atoms with van der Waals surface area (Å²) in [6.45, 7) is 8.35. The summed E-state index contributed by atoms with van der Waals surface area (Å²) in [5.41, 5.74) is 6.54. The molecule has 2 aromatic rings. The molecular weight excluding hydrogens is 985 g/mol. The number of carbonyl (C=O) groups is 9. The molecule has 0 aromatic heterocycles. The lowest BCUT2D eigenvalue weighted by atomic mass is 9.88. The van der Waals surface area contributed by atoms with Gasteiger partial charge in [0.25, 0.3) is 0 Å². The molecule has 0 saturated carbocycles. The second-order valence-electron chi connectivity index (χ2n) is 20.7. The summed E-state index contributed by atoms with van der Waals surface area (Å²) in [5.74, 6) is -9.56. The van der Waals surface area contributed by atoms with Crippen LogP contribution in [0.15, 0.2) is 66.7 Å². The van der Waals surface area contributed by atoms with E-state index in [0.29, 0.717) is 30.4 Å². The SMILES string of the molecule is CC[C@H](C)[C@@H]1NC(=O)[C@H](Cc2ccccc2)N(C)C(=O)[C@H](CC(C)C)N2C(=O)[C@H](CC[C@H]2O)NC(=O)C(C[C@H]2C=C[C@H](O)CC2)NC(=O)[C@@H](NC(=O)[C@H](CCC(N)=O)NC(=O)[C@H](O)Cc2ccc(O)cc2)[C@@H](C)OC1=O. The van der Waals surface area contributed by atoms with E-state index in [1.165, 1.54) is 43.1 Å². The Balaban J connectivity index is 1.60. The topological polar surface area (TPSA) is 336 Å². The van der Waals surface area contributed by atoms with Crippen LogP contribution in [-0.4, -0.2) is 157 Å². The monoisotopic (exact) mass is 1060 g/mol. The molecule has 0 spiro atoms. The molecule has 13 atom stereocenters. The van der Waals surface area contributed by atoms with Crippen molar-refractivity contribution in [2.45, 2.75) is 172 Å². The minimum absolute atomic E-state index is 0.0468. The molecule has 11 N–H and O–H groups in total. The zero-order valence-electron chi connectivity index (χ0n) is 44.1. The van der Waals surface area contributed by atoms with Crippen LogP contribution in [0.1, 0.15) is 104 Å². The number of nitrogens with zero attached hydrogens (tertiary/aromatic N) is 2. The van der Waals surface area contributed by atoms with Crippen molar-refractivity contribution in [2.75, 3.05) is 7.05 Å². The highest BCUT2D eigenvalue weighted by Gasteiger charge is 2.46. The number of hydrogen-bond acceptors (Lipinski definition) is 14. The number of cyclic esters (lactones) is 1. The number of piperidine rings is 1. The average Bonchev–Trinajstić information content (AvgIpc) is 3.38. The minimum atomic E-state index is -1.88. The maximum absolute atomic E-state index is 14.9. The van der Waals surface area contributed by atoms with Crippen molar-refractivity contribution < 1.29 is 68.3 Å². The fraction of sp³-hybridized carbons (Fsp3) is 0.574. The van der Waals surface area contributed by atoms with Crippen molar-refractivity contribution in [2.24, 2.45) is 23.5 Å². The second-order valence-corrected chi connectivity index (χ2v) is 20.7. The number of carbonyl (C=O) groups excluding carboxylic acids is 9. The standard InChI is InChI=1S/C54H76N8O14/c1-7-30(4)45-54(75)76-31(5)46(60-47(68)37(21-23-43(55)66)56-50(71)42(65)28-34-15-19-36(64)20-16-34)51(72)58-39(26-33-13-17-35(63)18-14-33)48(69)57-38-22-24-44(67)62(52(38)73)41(25-29(2)3)53(74)61(6)40(49(70)59-45)27-32-11-9-8-10-12-32/h8-13,15-17,19-20,29-31,33,35,37-42,44-46,63-65,67H,7,14,18,21-28H2,1-6H3,(H2,55,66)(H,56,71)(H,57,69)(H,58,72)(H,59,70)(H,60,68)/t30-,31+,33-,35-,37-,38-,39?,40-,41-,42+,44+,45-,46-/m0/s1. The molecule has 5 rings (SSSR count). The van der Waals surface area contributed by atoms with E-state index in [0.717, 1.165) is 4.90 Å². The predicted octanol–water partition coefficient (Wildman–Crippen LogP) is 0.119. The van der Waals surface area contributed by atoms with Gasteiger partial charge in [-0.05, 0) is 92.9 Å². The van der Waals surface area contributed by atoms with Crippen molar-refractivity contribution in [1.29, 1.82) is 0 Å². The molecule has 416 valence electrons. The fourth-order valence-corrected chi connectivity index (χ4v) is 9.60. The van der Waals surface area contributed by atoms with E-state index < -0.39 is 145 Å². The number of aliphatic hydroxyl groups is 3. The number of ether oxygens (including phenoxy) is 1. The summed E-state index contributed by atoms with van der Waals surface area (Å²) < 4.78 is 5.98. The lowest BCUT2D eigenvalue weighted by molar-refractivity contribution is -0.166. The molecule has 1 unspecified atom stereocenters. The Hall–Kier alpha value is -6.91. The third-order valence-corrected chi connectivity index (χ3v) is 14.3. The number of aliphatic hydroxyl groups excluding tert-OH is 3. The Bertz CT molecular complexity index is 2400. The van der Waals surface area contributed by atoms with Gasteiger partial charge < -0.3 is 67.3 Å². The van der Waals surface area contributed by atoms with Gasteiger partial charge in [0, 0.05) is 26.3 Å². The van der Waals surface area contributed by atoms with Gasteiger partial charge >= 0.3 is 5.97 Å². The molecule has 76 heavy (non-hydrogen) atoms. The predicted molar refractivity (Wildman–Crippen MR) is 275 cm³/mol. The van der Waals surface area contributed by atoms with Gasteiger partial charge in [-0.25, -0.2) is 4.79 Å². The number of phenolic OH excluding ortho intramolecular Hbond substituents is 1. The molecule has 22 heteroatoms. The summed E-state index contributed by atoms with van der Waals surface area (Å²) in [6.07, 6.45) is -2.68. The van der Waals surface area contributed by atoms with Gasteiger partial charge in [0.05, 0.1) is 6.10 Å². The van der Waals surface area contributed by atoms with Crippen LogP contribution in [-0.2, 0) is 60.7 Å². The first-order valence-corrected chi connectivity index (χ1v) is 26.1. The van der Waals surface area contributed by atoms with Crippen molar-refractivity contribution in [3.05, 3.63) is 77.9 Å². The summed E-state index contributed by atoms with van der Waals surface area (Å²) in [6, 6.07) is 4.07. The number of primary amides is 1. The highest BCUT2D eigenvalue weighted by Crippen LogP contribution is 2.28. The largest absolute Gasteiger partial charge is 0.508 e. The second kappa shape index (κ2) is 27.8. The van der Waals surface area contributed by atoms with Gasteiger partial charge in [-0.1, -0.05) is 88.7 Å². The first-order chi connectivity index (χ1) is 36.0. The summed E-state index contributed by atoms with van der Waals surface area (Å²) in [5, 5.41) is 55.5. The highest BCUT2D eigenvalue weighted by atomic mass is 16.5. The van der Waals surface area contributed by atoms with Crippen molar-refractivity contribution in [3.63, 3.8) is 0 Å². The minimum Gasteiger partial charge on any atom is -0.508 e. The van der Waals surface area contributed by atoms with Crippen molar-refractivity contribution >= 4 is 53.2 Å². The number of aromatic hydroxyl groups is 1. The van der Waals surface area contributed by atoms with Gasteiger partial charge in [-0.2, -0.15) is 0 Å². The summed E-state index contributed by atoms with van der Waals surface area (Å²) in [4.78, 5) is 131. The van der Waals surface area contributed by atoms with E-state index in [1.54, 1.807) is 56.3 Å². The van der Waals surface area contributed by atoms with Gasteiger partial charge in [-0.15, -0.1) is 0 Å². The Morgan fingerprint density at radius 1 is 0.816 bits per heavy atom. The number of nitrogens with one attached hydrogen (secondary N) is 5. The number of nitrogens with two attached hydrogens (primary N) is 1. The lowest BCUT2D eigenvalue weighted by Crippen LogP contribution is -2.65. The molecule has 22 nitrogen and oxygen atoms in total. The molecule has 0 radical (unpaired) electrons. The summed E-state index contributed by atoms with van der Waals surface area (Å²) >= 11 is 0. The molecule has 2 bridgehead atoms. The molecule has 2 aromatic carbocycles. The normalized spacial score (nSPS) is 27.3. The fourth-order valence-electron chi connectivity index (χ4n) is 9.60. The molecule has 2 saturated heterocycles. The first kappa shape index (κ1) is 60.0. The third-order valence-electron chi connectivity index (χ3n) is 14.3. The van der Waals surface area contributed by atoms with Gasteiger partial charge in [0.15, 0.2) is 0 Å². The number of likely N-dealkylation sites (N-methyl/N-ethyl adjacent to an activating group) is 1. The van der Waals surface area contributed by atoms with Crippen LogP contribution in [0, 0.1) is 17.8 Å². The van der Waals surface area contributed by atoms with E-state index in [1.807, 2.05) is 13.8 Å². The molecule has 2 aliphatic heterocycles. The lowest BCUT2D eigenvalue weighted by Gasteiger charge is -2.43.